The molecule has 1 N–H and O–H groups in total. The summed E-state index contributed by atoms with van der Waals surface area (Å²) in [5, 5.41) is 12.0. The van der Waals surface area contributed by atoms with E-state index in [2.05, 4.69) is 63.6 Å². The Morgan fingerprint density at radius 2 is 1.83 bits per heavy atom. The molecule has 1 aromatic heterocycles. The molecule has 1 saturated heterocycles. The maximum absolute atomic E-state index is 15.7. The van der Waals surface area contributed by atoms with E-state index in [0.29, 0.717) is 63.0 Å². The van der Waals surface area contributed by atoms with Gasteiger partial charge in [0.2, 0.25) is 11.8 Å². The molecule has 66 heavy (non-hydrogen) atoms. The first-order chi connectivity index (χ1) is 31.3. The van der Waals surface area contributed by atoms with Crippen LogP contribution in [0.4, 0.5) is 4.39 Å². The number of hydrogen-bond acceptors (Lipinski definition) is 8. The molecule has 7 rings (SSSR count). The van der Waals surface area contributed by atoms with Crippen molar-refractivity contribution in [1.82, 2.24) is 20.1 Å². The number of rotatable bonds is 17. The number of ether oxygens (including phenoxy) is 1. The summed E-state index contributed by atoms with van der Waals surface area (Å²) in [5.74, 6) is -0.804. The highest BCUT2D eigenvalue weighted by Crippen LogP contribution is 2.59. The Bertz CT molecular complexity index is 2470. The number of nitrogens with zero attached hydrogens (tertiary/aromatic N) is 4. The van der Waals surface area contributed by atoms with Crippen LogP contribution in [-0.4, -0.2) is 70.1 Å². The van der Waals surface area contributed by atoms with E-state index < -0.39 is 11.7 Å². The lowest BCUT2D eigenvalue weighted by atomic mass is 9.49. The average molecular weight is 919 g/mol. The van der Waals surface area contributed by atoms with E-state index in [4.69, 9.17) is 21.3 Å². The number of benzene rings is 2. The molecule has 10 nitrogen and oxygen atoms in total. The van der Waals surface area contributed by atoms with Gasteiger partial charge < -0.3 is 14.5 Å². The first-order valence-corrected chi connectivity index (χ1v) is 24.1. The summed E-state index contributed by atoms with van der Waals surface area (Å²) in [4.78, 5) is 60.4. The van der Waals surface area contributed by atoms with Gasteiger partial charge in [-0.25, -0.2) is 4.39 Å². The van der Waals surface area contributed by atoms with Gasteiger partial charge in [-0.1, -0.05) is 83.0 Å². The minimum atomic E-state index is -0.528. The van der Waals surface area contributed by atoms with Gasteiger partial charge in [-0.3, -0.25) is 29.5 Å². The molecular formula is C54H65ClFN5O5. The maximum Gasteiger partial charge on any atom is 0.256 e. The van der Waals surface area contributed by atoms with E-state index in [0.717, 1.165) is 76.0 Å². The second-order valence-electron chi connectivity index (χ2n) is 20.5. The first kappa shape index (κ1) is 48.7. The Kier molecular flexibility index (Phi) is 14.7. The highest BCUT2D eigenvalue weighted by molar-refractivity contribution is 6.31. The quantitative estimate of drug-likeness (QED) is 0.0804. The molecule has 2 aliphatic carbocycles. The van der Waals surface area contributed by atoms with Gasteiger partial charge in [0.05, 0.1) is 34.3 Å². The minimum Gasteiger partial charge on any atom is -0.489 e. The van der Waals surface area contributed by atoms with E-state index in [1.807, 2.05) is 24.0 Å². The monoisotopic (exact) mass is 917 g/mol. The molecule has 1 saturated carbocycles. The van der Waals surface area contributed by atoms with E-state index in [9.17, 15) is 24.4 Å². The molecule has 2 fully saturated rings. The number of piperidine rings is 1. The van der Waals surface area contributed by atoms with E-state index >= 15 is 4.39 Å². The molecule has 2 aliphatic heterocycles. The van der Waals surface area contributed by atoms with Gasteiger partial charge in [-0.05, 0) is 125 Å². The van der Waals surface area contributed by atoms with Gasteiger partial charge in [0.1, 0.15) is 23.7 Å². The largest absolute Gasteiger partial charge is 0.489 e. The fraction of sp³-hybridized carbons (Fsp3) is 0.519. The molecule has 4 aliphatic rings. The number of imide groups is 1. The van der Waals surface area contributed by atoms with Gasteiger partial charge in [-0.15, -0.1) is 0 Å². The summed E-state index contributed by atoms with van der Waals surface area (Å²) in [6.07, 6.45) is 9.75. The standard InChI is InChI=1S/C54H65ClFN5O5/c1-9-22-60(23-21-32(2)43-26-38(44(34(4)62)28-46(43)56)24-33(3)41-19-20-48(63)59-49(41)64)30-36-12-10-11-35(13-14-36)25-39-16-18-42-47(58-39)31-61(50(42)65)51-53(5,6)52(54(51,7)8)66-40-17-15-37(29-57)45(55)27-40/h11,15-18,26-28,32,36,41,51-52H,3,9-10,12-14,19-25,30-31H2,1-2,4-8H3,(H,59,63,64). The lowest BCUT2D eigenvalue weighted by Gasteiger charge is -2.65. The highest BCUT2D eigenvalue weighted by atomic mass is 35.5. The van der Waals surface area contributed by atoms with Crippen molar-refractivity contribution >= 4 is 35.1 Å². The molecule has 2 aromatic carbocycles. The number of allylic oxidation sites excluding steroid dienone is 2. The van der Waals surface area contributed by atoms with Crippen LogP contribution >= 0.6 is 11.6 Å². The predicted molar refractivity (Wildman–Crippen MR) is 255 cm³/mol. The molecule has 350 valence electrons. The molecule has 3 unspecified atom stereocenters. The van der Waals surface area contributed by atoms with Gasteiger partial charge in [0.15, 0.2) is 5.78 Å². The number of Topliss-reactive ketones (excluding diaryl/α,β-unsaturated/α-hetero) is 1. The molecule has 0 spiro atoms. The van der Waals surface area contributed by atoms with Crippen molar-refractivity contribution in [2.24, 2.45) is 22.7 Å². The van der Waals surface area contributed by atoms with Crippen molar-refractivity contribution < 1.29 is 28.3 Å². The van der Waals surface area contributed by atoms with Crippen molar-refractivity contribution in [3.8, 4) is 11.8 Å². The smallest absolute Gasteiger partial charge is 0.256 e. The number of nitrogens with one attached hydrogen (secondary N) is 1. The van der Waals surface area contributed by atoms with Crippen LogP contribution in [-0.2, 0) is 29.0 Å². The van der Waals surface area contributed by atoms with Crippen molar-refractivity contribution in [2.75, 3.05) is 19.6 Å². The van der Waals surface area contributed by atoms with Gasteiger partial charge >= 0.3 is 0 Å². The van der Waals surface area contributed by atoms with Crippen molar-refractivity contribution in [3.05, 3.63) is 116 Å². The summed E-state index contributed by atoms with van der Waals surface area (Å²) >= 11 is 6.32. The first-order valence-electron chi connectivity index (χ1n) is 23.7. The maximum atomic E-state index is 15.7. The van der Waals surface area contributed by atoms with Crippen LogP contribution in [0.2, 0.25) is 5.02 Å². The van der Waals surface area contributed by atoms with E-state index in [1.165, 1.54) is 18.6 Å². The number of ketones is 1. The Morgan fingerprint density at radius 3 is 2.52 bits per heavy atom. The van der Waals surface area contributed by atoms with Crippen LogP contribution in [0.25, 0.3) is 0 Å². The number of hydrogen-bond donors (Lipinski definition) is 1. The second kappa shape index (κ2) is 20.0. The van der Waals surface area contributed by atoms with Gasteiger partial charge in [0, 0.05) is 53.6 Å². The third-order valence-corrected chi connectivity index (χ3v) is 15.1. The van der Waals surface area contributed by atoms with E-state index in [1.54, 1.807) is 24.3 Å². The molecule has 12 heteroatoms. The SMILES string of the molecule is C=C(Cc1cc(C(C)CCN(CCC)CC2CCC=C(Cc3ccc4c(n3)CN(C3C(C)(C)C(Oc5ccc(C#N)c(Cl)c5)C3(C)C)C4=O)CC2)c(F)cc1C(C)=O)C1CCC(=O)NC1=O. The normalized spacial score (nSPS) is 22.7. The molecule has 3 aromatic rings. The zero-order valence-electron chi connectivity index (χ0n) is 39.7. The Hall–Kier alpha value is -5.18. The summed E-state index contributed by atoms with van der Waals surface area (Å²) in [6.45, 7) is 21.6. The third kappa shape index (κ3) is 10.2. The molecule has 0 bridgehead atoms. The number of aromatic nitrogens is 1. The summed E-state index contributed by atoms with van der Waals surface area (Å²) in [6, 6.07) is 14.2. The predicted octanol–water partition coefficient (Wildman–Crippen LogP) is 10.5. The van der Waals surface area contributed by atoms with Gasteiger partial charge in [0.25, 0.3) is 5.91 Å². The average Bonchev–Trinajstić information content (AvgIpc) is 3.39. The minimum absolute atomic E-state index is 0.00621. The number of fused-ring (bicyclic) bond motifs is 1. The number of carbonyl (C=O) groups is 4. The number of nitriles is 1. The van der Waals surface area contributed by atoms with Crippen LogP contribution in [0.15, 0.2) is 66.3 Å². The third-order valence-electron chi connectivity index (χ3n) is 14.7. The molecular weight excluding hydrogens is 853 g/mol. The molecule has 0 radical (unpaired) electrons. The van der Waals surface area contributed by atoms with Crippen molar-refractivity contribution in [1.29, 1.82) is 5.26 Å². The van der Waals surface area contributed by atoms with Crippen LogP contribution in [0.1, 0.15) is 155 Å². The fourth-order valence-electron chi connectivity index (χ4n) is 11.7. The fourth-order valence-corrected chi connectivity index (χ4v) is 12.0. The summed E-state index contributed by atoms with van der Waals surface area (Å²) in [7, 11) is 0. The summed E-state index contributed by atoms with van der Waals surface area (Å²) in [5.41, 5.74) is 5.66. The Balaban J connectivity index is 0.928. The Morgan fingerprint density at radius 1 is 1.08 bits per heavy atom. The molecule has 3 atom stereocenters. The van der Waals surface area contributed by atoms with Crippen LogP contribution < -0.4 is 10.1 Å². The number of carbonyl (C=O) groups excluding carboxylic acids is 4. The summed E-state index contributed by atoms with van der Waals surface area (Å²) < 4.78 is 22.2. The highest BCUT2D eigenvalue weighted by Gasteiger charge is 2.67. The van der Waals surface area contributed by atoms with Crippen molar-refractivity contribution in [2.45, 2.75) is 137 Å². The second-order valence-corrected chi connectivity index (χ2v) is 20.9. The number of pyridine rings is 1. The van der Waals surface area contributed by atoms with Gasteiger partial charge in [-0.2, -0.15) is 5.26 Å². The molecule has 3 amide bonds. The van der Waals surface area contributed by atoms with Crippen LogP contribution in [0.5, 0.6) is 5.75 Å². The van der Waals surface area contributed by atoms with Crippen molar-refractivity contribution in [3.63, 3.8) is 0 Å². The Labute approximate surface area is 395 Å². The van der Waals surface area contributed by atoms with E-state index in [-0.39, 0.29) is 65.2 Å². The van der Waals surface area contributed by atoms with Crippen LogP contribution in [0, 0.1) is 39.8 Å². The lowest BCUT2D eigenvalue weighted by Crippen LogP contribution is -2.74. The topological polar surface area (TPSA) is 133 Å². The van der Waals surface area contributed by atoms with Crippen LogP contribution in [0.3, 0.4) is 0 Å². The molecule has 3 heterocycles. The number of halogens is 2. The number of amides is 3. The zero-order chi connectivity index (χ0) is 47.7. The zero-order valence-corrected chi connectivity index (χ0v) is 40.5. The lowest BCUT2D eigenvalue weighted by molar-refractivity contribution is -0.199.